The van der Waals surface area contributed by atoms with E-state index in [-0.39, 0.29) is 0 Å². The van der Waals surface area contributed by atoms with E-state index in [0.717, 1.165) is 24.0 Å². The molecule has 1 heterocycles. The van der Waals surface area contributed by atoms with Crippen LogP contribution in [0.4, 0.5) is 0 Å². The summed E-state index contributed by atoms with van der Waals surface area (Å²) in [6, 6.07) is 2.67. The summed E-state index contributed by atoms with van der Waals surface area (Å²) in [5, 5.41) is 3.66. The summed E-state index contributed by atoms with van der Waals surface area (Å²) in [5.74, 6) is 1.75. The Labute approximate surface area is 123 Å². The Balaban J connectivity index is 1.77. The third-order valence-corrected chi connectivity index (χ3v) is 5.15. The van der Waals surface area contributed by atoms with E-state index in [1.165, 1.54) is 32.1 Å². The molecule has 0 bridgehead atoms. The van der Waals surface area contributed by atoms with Crippen molar-refractivity contribution in [2.75, 3.05) is 0 Å². The average Bonchev–Trinajstić information content (AvgIpc) is 2.46. The first-order valence-corrected chi connectivity index (χ1v) is 8.03. The zero-order chi connectivity index (χ0) is 14.6. The number of hydrogen-bond acceptors (Lipinski definition) is 3. The molecule has 1 aromatic heterocycles. The molecule has 3 nitrogen and oxygen atoms in total. The van der Waals surface area contributed by atoms with Crippen molar-refractivity contribution in [2.45, 2.75) is 72.4 Å². The third kappa shape index (κ3) is 4.02. The van der Waals surface area contributed by atoms with Crippen molar-refractivity contribution in [3.05, 3.63) is 23.8 Å². The minimum atomic E-state index is 0.509. The largest absolute Gasteiger partial charge is 0.308 e. The minimum absolute atomic E-state index is 0.509. The summed E-state index contributed by atoms with van der Waals surface area (Å²) in [4.78, 5) is 8.59. The molecule has 0 spiro atoms. The summed E-state index contributed by atoms with van der Waals surface area (Å²) in [6.45, 7) is 9.99. The summed E-state index contributed by atoms with van der Waals surface area (Å²) in [7, 11) is 0. The van der Waals surface area contributed by atoms with E-state index in [1.54, 1.807) is 0 Å². The van der Waals surface area contributed by atoms with E-state index in [4.69, 9.17) is 0 Å². The number of nitrogens with one attached hydrogen (secondary N) is 1. The minimum Gasteiger partial charge on any atom is -0.308 e. The van der Waals surface area contributed by atoms with E-state index in [2.05, 4.69) is 36.1 Å². The van der Waals surface area contributed by atoms with Crippen molar-refractivity contribution in [2.24, 2.45) is 11.3 Å². The maximum atomic E-state index is 4.45. The van der Waals surface area contributed by atoms with Gasteiger partial charge in [0.2, 0.25) is 0 Å². The van der Waals surface area contributed by atoms with Crippen LogP contribution >= 0.6 is 0 Å². The molecule has 1 aliphatic rings. The predicted molar refractivity (Wildman–Crippen MR) is 83.4 cm³/mol. The number of hydrogen-bond donors (Lipinski definition) is 1. The van der Waals surface area contributed by atoms with Gasteiger partial charge < -0.3 is 5.32 Å². The van der Waals surface area contributed by atoms with Crippen LogP contribution < -0.4 is 5.32 Å². The fourth-order valence-corrected chi connectivity index (χ4v) is 3.22. The Morgan fingerprint density at radius 1 is 1.25 bits per heavy atom. The number of aromatic nitrogens is 2. The van der Waals surface area contributed by atoms with Gasteiger partial charge in [-0.1, -0.05) is 27.2 Å². The van der Waals surface area contributed by atoms with Gasteiger partial charge in [0.05, 0.1) is 5.69 Å². The number of nitrogens with zero attached hydrogens (tertiary/aromatic N) is 2. The van der Waals surface area contributed by atoms with Crippen LogP contribution in [-0.4, -0.2) is 16.0 Å². The van der Waals surface area contributed by atoms with Gasteiger partial charge in [0.1, 0.15) is 5.82 Å². The number of rotatable bonds is 5. The van der Waals surface area contributed by atoms with Crippen LogP contribution in [0.3, 0.4) is 0 Å². The Morgan fingerprint density at radius 2 is 1.95 bits per heavy atom. The lowest BCUT2D eigenvalue weighted by atomic mass is 9.69. The van der Waals surface area contributed by atoms with Crippen molar-refractivity contribution in [1.29, 1.82) is 0 Å². The topological polar surface area (TPSA) is 37.8 Å². The first kappa shape index (κ1) is 15.4. The van der Waals surface area contributed by atoms with Crippen molar-refractivity contribution in [3.63, 3.8) is 0 Å². The van der Waals surface area contributed by atoms with Gasteiger partial charge in [-0.05, 0) is 50.0 Å². The van der Waals surface area contributed by atoms with Gasteiger partial charge >= 0.3 is 0 Å². The fraction of sp³-hybridized carbons (Fsp3) is 0.765. The van der Waals surface area contributed by atoms with Crippen molar-refractivity contribution in [3.8, 4) is 0 Å². The SMILES string of the molecule is CCC(C)(C)C1CCC(NCc2ccnc(C)n2)CC1. The van der Waals surface area contributed by atoms with Crippen LogP contribution in [0.25, 0.3) is 0 Å². The van der Waals surface area contributed by atoms with Crippen molar-refractivity contribution in [1.82, 2.24) is 15.3 Å². The highest BCUT2D eigenvalue weighted by molar-refractivity contribution is 5.01. The number of aryl methyl sites for hydroxylation is 1. The standard InChI is InChI=1S/C17H29N3/c1-5-17(3,4)14-6-8-15(9-7-14)19-12-16-10-11-18-13(2)20-16/h10-11,14-15,19H,5-9,12H2,1-4H3. The van der Waals surface area contributed by atoms with Crippen LogP contribution in [0.5, 0.6) is 0 Å². The van der Waals surface area contributed by atoms with Gasteiger partial charge in [0, 0.05) is 18.8 Å². The van der Waals surface area contributed by atoms with E-state index in [1.807, 2.05) is 19.2 Å². The van der Waals surface area contributed by atoms with E-state index >= 15 is 0 Å². The fourth-order valence-electron chi connectivity index (χ4n) is 3.22. The maximum Gasteiger partial charge on any atom is 0.125 e. The quantitative estimate of drug-likeness (QED) is 0.886. The molecule has 0 amide bonds. The summed E-state index contributed by atoms with van der Waals surface area (Å²) >= 11 is 0. The smallest absolute Gasteiger partial charge is 0.125 e. The monoisotopic (exact) mass is 275 g/mol. The van der Waals surface area contributed by atoms with Gasteiger partial charge in [0.15, 0.2) is 0 Å². The third-order valence-electron chi connectivity index (χ3n) is 5.15. The summed E-state index contributed by atoms with van der Waals surface area (Å²) < 4.78 is 0. The second-order valence-corrected chi connectivity index (χ2v) is 6.87. The van der Waals surface area contributed by atoms with Crippen LogP contribution in [-0.2, 0) is 6.54 Å². The van der Waals surface area contributed by atoms with Crippen LogP contribution in [0.2, 0.25) is 0 Å². The zero-order valence-corrected chi connectivity index (χ0v) is 13.4. The lowest BCUT2D eigenvalue weighted by molar-refractivity contribution is 0.136. The average molecular weight is 275 g/mol. The lowest BCUT2D eigenvalue weighted by Gasteiger charge is -2.39. The molecule has 0 radical (unpaired) electrons. The highest BCUT2D eigenvalue weighted by Gasteiger charge is 2.31. The Kier molecular flexibility index (Phi) is 5.14. The molecule has 0 aliphatic heterocycles. The van der Waals surface area contributed by atoms with Gasteiger partial charge in [-0.15, -0.1) is 0 Å². The molecule has 112 valence electrons. The first-order chi connectivity index (χ1) is 9.51. The highest BCUT2D eigenvalue weighted by Crippen LogP contribution is 2.40. The van der Waals surface area contributed by atoms with Crippen LogP contribution in [0.15, 0.2) is 12.3 Å². The summed E-state index contributed by atoms with van der Waals surface area (Å²) in [6.07, 6.45) is 8.47. The molecule has 0 atom stereocenters. The van der Waals surface area contributed by atoms with Gasteiger partial charge in [-0.3, -0.25) is 0 Å². The molecular weight excluding hydrogens is 246 g/mol. The van der Waals surface area contributed by atoms with Gasteiger partial charge in [-0.2, -0.15) is 0 Å². The molecule has 0 aromatic carbocycles. The predicted octanol–water partition coefficient (Wildman–Crippen LogP) is 3.87. The molecule has 3 heteroatoms. The zero-order valence-electron chi connectivity index (χ0n) is 13.4. The molecule has 0 unspecified atom stereocenters. The molecule has 2 rings (SSSR count). The van der Waals surface area contributed by atoms with Crippen LogP contribution in [0, 0.1) is 18.3 Å². The first-order valence-electron chi connectivity index (χ1n) is 8.03. The second-order valence-electron chi connectivity index (χ2n) is 6.87. The van der Waals surface area contributed by atoms with E-state index < -0.39 is 0 Å². The van der Waals surface area contributed by atoms with Gasteiger partial charge in [-0.25, -0.2) is 9.97 Å². The van der Waals surface area contributed by atoms with Crippen molar-refractivity contribution >= 4 is 0 Å². The molecule has 1 fully saturated rings. The van der Waals surface area contributed by atoms with E-state index in [9.17, 15) is 0 Å². The molecule has 1 N–H and O–H groups in total. The Morgan fingerprint density at radius 3 is 2.55 bits per heavy atom. The molecule has 1 saturated carbocycles. The van der Waals surface area contributed by atoms with Crippen LogP contribution in [0.1, 0.15) is 64.4 Å². The lowest BCUT2D eigenvalue weighted by Crippen LogP contribution is -2.36. The second kappa shape index (κ2) is 6.66. The molecule has 20 heavy (non-hydrogen) atoms. The summed E-state index contributed by atoms with van der Waals surface area (Å²) in [5.41, 5.74) is 1.61. The highest BCUT2D eigenvalue weighted by atomic mass is 15.0. The Hall–Kier alpha value is -0.960. The molecule has 1 aromatic rings. The van der Waals surface area contributed by atoms with Crippen molar-refractivity contribution < 1.29 is 0 Å². The molecule has 1 aliphatic carbocycles. The molecule has 0 saturated heterocycles. The molecular formula is C17H29N3. The maximum absolute atomic E-state index is 4.45. The van der Waals surface area contributed by atoms with Gasteiger partial charge in [0.25, 0.3) is 0 Å². The Bertz CT molecular complexity index is 420. The van der Waals surface area contributed by atoms with E-state index in [0.29, 0.717) is 11.5 Å². The normalized spacial score (nSPS) is 23.8.